The second-order valence-electron chi connectivity index (χ2n) is 3.87. The molecule has 0 spiro atoms. The Morgan fingerprint density at radius 3 is 2.25 bits per heavy atom. The van der Waals surface area contributed by atoms with Gasteiger partial charge in [0.2, 0.25) is 0 Å². The van der Waals surface area contributed by atoms with Gasteiger partial charge in [0.15, 0.2) is 11.5 Å². The Bertz CT molecular complexity index is 362. The van der Waals surface area contributed by atoms with Crippen molar-refractivity contribution in [1.29, 1.82) is 0 Å². The second-order valence-corrected chi connectivity index (χ2v) is 4.72. The van der Waals surface area contributed by atoms with E-state index in [2.05, 4.69) is 15.9 Å². The van der Waals surface area contributed by atoms with Crippen molar-refractivity contribution < 1.29 is 14.6 Å². The van der Waals surface area contributed by atoms with Crippen molar-refractivity contribution in [2.45, 2.75) is 33.0 Å². The van der Waals surface area contributed by atoms with Crippen molar-refractivity contribution in [2.24, 2.45) is 0 Å². The van der Waals surface area contributed by atoms with Crippen molar-refractivity contribution in [2.75, 3.05) is 7.11 Å². The molecule has 16 heavy (non-hydrogen) atoms. The molecule has 0 aliphatic carbocycles. The van der Waals surface area contributed by atoms with Crippen LogP contribution >= 0.6 is 15.9 Å². The standard InChI is InChI=1S/C12H17BrO3/c1-7(2)16-12-6-10(13)9(8(3)14)5-11(12)15-4/h5-8,14H,1-4H3. The van der Waals surface area contributed by atoms with E-state index in [1.54, 1.807) is 20.1 Å². The van der Waals surface area contributed by atoms with E-state index in [1.165, 1.54) is 0 Å². The van der Waals surface area contributed by atoms with E-state index in [1.807, 2.05) is 19.9 Å². The van der Waals surface area contributed by atoms with E-state index < -0.39 is 6.10 Å². The molecule has 0 saturated heterocycles. The molecule has 1 unspecified atom stereocenters. The van der Waals surface area contributed by atoms with Crippen LogP contribution in [0, 0.1) is 0 Å². The molecule has 0 radical (unpaired) electrons. The summed E-state index contributed by atoms with van der Waals surface area (Å²) in [6.45, 7) is 5.62. The zero-order valence-electron chi connectivity index (χ0n) is 9.95. The van der Waals surface area contributed by atoms with E-state index in [9.17, 15) is 5.11 Å². The van der Waals surface area contributed by atoms with Crippen LogP contribution < -0.4 is 9.47 Å². The third-order valence-electron chi connectivity index (χ3n) is 2.10. The van der Waals surface area contributed by atoms with E-state index in [-0.39, 0.29) is 6.10 Å². The van der Waals surface area contributed by atoms with Gasteiger partial charge in [-0.25, -0.2) is 0 Å². The summed E-state index contributed by atoms with van der Waals surface area (Å²) in [5, 5.41) is 9.57. The van der Waals surface area contributed by atoms with Crippen molar-refractivity contribution in [3.05, 3.63) is 22.2 Å². The number of hydrogen-bond donors (Lipinski definition) is 1. The van der Waals surface area contributed by atoms with Crippen molar-refractivity contribution in [1.82, 2.24) is 0 Å². The summed E-state index contributed by atoms with van der Waals surface area (Å²) in [7, 11) is 1.59. The smallest absolute Gasteiger partial charge is 0.162 e. The minimum atomic E-state index is -0.545. The van der Waals surface area contributed by atoms with Crippen LogP contribution in [0.25, 0.3) is 0 Å². The summed E-state index contributed by atoms with van der Waals surface area (Å²) in [4.78, 5) is 0. The lowest BCUT2D eigenvalue weighted by atomic mass is 10.1. The molecule has 1 aromatic rings. The number of aliphatic hydroxyl groups excluding tert-OH is 1. The Labute approximate surface area is 105 Å². The zero-order valence-corrected chi connectivity index (χ0v) is 11.5. The first-order chi connectivity index (χ1) is 7.45. The van der Waals surface area contributed by atoms with Crippen molar-refractivity contribution in [3.63, 3.8) is 0 Å². The summed E-state index contributed by atoms with van der Waals surface area (Å²) in [5.41, 5.74) is 0.785. The maximum absolute atomic E-state index is 9.57. The predicted molar refractivity (Wildman–Crippen MR) is 67.1 cm³/mol. The highest BCUT2D eigenvalue weighted by atomic mass is 79.9. The van der Waals surface area contributed by atoms with Gasteiger partial charge in [0.25, 0.3) is 0 Å². The number of ether oxygens (including phenoxy) is 2. The molecule has 0 bridgehead atoms. The first kappa shape index (κ1) is 13.3. The molecule has 0 aliphatic heterocycles. The lowest BCUT2D eigenvalue weighted by Gasteiger charge is -2.16. The van der Waals surface area contributed by atoms with Gasteiger partial charge < -0.3 is 14.6 Å². The van der Waals surface area contributed by atoms with Gasteiger partial charge in [-0.3, -0.25) is 0 Å². The Balaban J connectivity index is 3.15. The Kier molecular flexibility index (Phi) is 4.62. The summed E-state index contributed by atoms with van der Waals surface area (Å²) in [5.74, 6) is 1.31. The molecule has 1 rings (SSSR count). The van der Waals surface area contributed by atoms with Gasteiger partial charge in [-0.2, -0.15) is 0 Å². The highest BCUT2D eigenvalue weighted by Crippen LogP contribution is 2.36. The lowest BCUT2D eigenvalue weighted by molar-refractivity contribution is 0.196. The third kappa shape index (κ3) is 3.12. The van der Waals surface area contributed by atoms with Gasteiger partial charge in [-0.1, -0.05) is 15.9 Å². The number of methoxy groups -OCH3 is 1. The molecule has 0 heterocycles. The highest BCUT2D eigenvalue weighted by molar-refractivity contribution is 9.10. The van der Waals surface area contributed by atoms with Gasteiger partial charge in [0.1, 0.15) is 0 Å². The van der Waals surface area contributed by atoms with E-state index in [0.717, 1.165) is 10.0 Å². The minimum absolute atomic E-state index is 0.0817. The van der Waals surface area contributed by atoms with Crippen LogP contribution in [0.1, 0.15) is 32.4 Å². The minimum Gasteiger partial charge on any atom is -0.493 e. The molecule has 0 aromatic heterocycles. The second kappa shape index (κ2) is 5.55. The van der Waals surface area contributed by atoms with Crippen LogP contribution in [-0.4, -0.2) is 18.3 Å². The summed E-state index contributed by atoms with van der Waals surface area (Å²) >= 11 is 3.41. The number of aliphatic hydroxyl groups is 1. The Morgan fingerprint density at radius 1 is 1.19 bits per heavy atom. The van der Waals surface area contributed by atoms with Crippen LogP contribution in [0.5, 0.6) is 11.5 Å². The Morgan fingerprint density at radius 2 is 1.81 bits per heavy atom. The number of rotatable bonds is 4. The fraction of sp³-hybridized carbons (Fsp3) is 0.500. The monoisotopic (exact) mass is 288 g/mol. The van der Waals surface area contributed by atoms with Crippen LogP contribution in [0.2, 0.25) is 0 Å². The van der Waals surface area contributed by atoms with E-state index in [0.29, 0.717) is 11.5 Å². The number of halogens is 1. The zero-order chi connectivity index (χ0) is 12.3. The summed E-state index contributed by atoms with van der Waals surface area (Å²) in [6.07, 6.45) is -0.463. The molecular weight excluding hydrogens is 272 g/mol. The fourth-order valence-corrected chi connectivity index (χ4v) is 2.03. The topological polar surface area (TPSA) is 38.7 Å². The molecule has 0 saturated carbocycles. The van der Waals surface area contributed by atoms with Gasteiger partial charge in [-0.15, -0.1) is 0 Å². The quantitative estimate of drug-likeness (QED) is 0.924. The first-order valence-electron chi connectivity index (χ1n) is 5.17. The van der Waals surface area contributed by atoms with Crippen molar-refractivity contribution >= 4 is 15.9 Å². The van der Waals surface area contributed by atoms with Crippen LogP contribution in [0.4, 0.5) is 0 Å². The van der Waals surface area contributed by atoms with E-state index in [4.69, 9.17) is 9.47 Å². The maximum atomic E-state index is 9.57. The molecule has 0 amide bonds. The normalized spacial score (nSPS) is 12.7. The molecule has 1 aromatic carbocycles. The van der Waals surface area contributed by atoms with Gasteiger partial charge in [0.05, 0.1) is 19.3 Å². The largest absolute Gasteiger partial charge is 0.493 e. The first-order valence-corrected chi connectivity index (χ1v) is 5.97. The van der Waals surface area contributed by atoms with Gasteiger partial charge in [0, 0.05) is 4.47 Å². The summed E-state index contributed by atoms with van der Waals surface area (Å²) in [6, 6.07) is 3.60. The van der Waals surface area contributed by atoms with Crippen molar-refractivity contribution in [3.8, 4) is 11.5 Å². The fourth-order valence-electron chi connectivity index (χ4n) is 1.38. The van der Waals surface area contributed by atoms with Crippen LogP contribution in [-0.2, 0) is 0 Å². The molecule has 3 nitrogen and oxygen atoms in total. The van der Waals surface area contributed by atoms with Crippen LogP contribution in [0.15, 0.2) is 16.6 Å². The van der Waals surface area contributed by atoms with Gasteiger partial charge >= 0.3 is 0 Å². The maximum Gasteiger partial charge on any atom is 0.162 e. The molecule has 90 valence electrons. The molecular formula is C12H17BrO3. The Hall–Kier alpha value is -0.740. The van der Waals surface area contributed by atoms with Gasteiger partial charge in [-0.05, 0) is 38.5 Å². The highest BCUT2D eigenvalue weighted by Gasteiger charge is 2.14. The molecule has 1 N–H and O–H groups in total. The average molecular weight is 289 g/mol. The average Bonchev–Trinajstić information content (AvgIpc) is 2.16. The summed E-state index contributed by atoms with van der Waals surface area (Å²) < 4.78 is 11.7. The molecule has 0 aliphatic rings. The van der Waals surface area contributed by atoms with E-state index >= 15 is 0 Å². The lowest BCUT2D eigenvalue weighted by Crippen LogP contribution is -2.07. The number of hydrogen-bond acceptors (Lipinski definition) is 3. The molecule has 4 heteroatoms. The number of benzene rings is 1. The van der Waals surface area contributed by atoms with Crippen LogP contribution in [0.3, 0.4) is 0 Å². The molecule has 1 atom stereocenters. The SMILES string of the molecule is COc1cc(C(C)O)c(Br)cc1OC(C)C. The third-order valence-corrected chi connectivity index (χ3v) is 2.78. The molecule has 0 fully saturated rings. The predicted octanol–water partition coefficient (Wildman–Crippen LogP) is 3.30.